The zero-order valence-electron chi connectivity index (χ0n) is 13.8. The molecule has 23 heavy (non-hydrogen) atoms. The highest BCUT2D eigenvalue weighted by molar-refractivity contribution is 7.85. The van der Waals surface area contributed by atoms with Crippen molar-refractivity contribution in [2.24, 2.45) is 5.73 Å². The zero-order chi connectivity index (χ0) is 16.2. The molecule has 130 valence electrons. The SMILES string of the molecule is CCS(=O)C1CCCC(NC(=O)C(C)(N)c2ccccc2)C1.Cl. The van der Waals surface area contributed by atoms with E-state index >= 15 is 0 Å². The largest absolute Gasteiger partial charge is 0.351 e. The molecule has 4 unspecified atom stereocenters. The van der Waals surface area contributed by atoms with Crippen molar-refractivity contribution in [3.63, 3.8) is 0 Å². The summed E-state index contributed by atoms with van der Waals surface area (Å²) in [6.07, 6.45) is 3.73. The third-order valence-electron chi connectivity index (χ3n) is 4.46. The normalized spacial score (nSPS) is 24.8. The molecule has 2 rings (SSSR count). The second-order valence-corrected chi connectivity index (χ2v) is 8.20. The van der Waals surface area contributed by atoms with Crippen LogP contribution in [-0.2, 0) is 21.1 Å². The molecule has 0 saturated heterocycles. The Morgan fingerprint density at radius 1 is 1.35 bits per heavy atom. The first-order valence-electron chi connectivity index (χ1n) is 7.97. The Hall–Kier alpha value is -0.910. The van der Waals surface area contributed by atoms with Gasteiger partial charge in [-0.2, -0.15) is 0 Å². The summed E-state index contributed by atoms with van der Waals surface area (Å²) in [5.41, 5.74) is 6.01. The van der Waals surface area contributed by atoms with Gasteiger partial charge in [-0.25, -0.2) is 0 Å². The molecule has 1 saturated carbocycles. The third-order valence-corrected chi connectivity index (χ3v) is 6.20. The molecule has 0 heterocycles. The van der Waals surface area contributed by atoms with E-state index in [1.54, 1.807) is 6.92 Å². The van der Waals surface area contributed by atoms with Gasteiger partial charge in [-0.1, -0.05) is 43.7 Å². The Morgan fingerprint density at radius 2 is 2.00 bits per heavy atom. The van der Waals surface area contributed by atoms with Gasteiger partial charge in [-0.3, -0.25) is 9.00 Å². The fourth-order valence-corrected chi connectivity index (χ4v) is 4.35. The maximum absolute atomic E-state index is 12.6. The predicted molar refractivity (Wildman–Crippen MR) is 98.1 cm³/mol. The second kappa shape index (κ2) is 8.81. The highest BCUT2D eigenvalue weighted by Crippen LogP contribution is 2.24. The molecule has 0 spiro atoms. The quantitative estimate of drug-likeness (QED) is 0.849. The molecule has 1 fully saturated rings. The van der Waals surface area contributed by atoms with Crippen LogP contribution in [0.4, 0.5) is 0 Å². The number of nitrogens with two attached hydrogens (primary N) is 1. The van der Waals surface area contributed by atoms with Crippen molar-refractivity contribution in [1.29, 1.82) is 0 Å². The van der Waals surface area contributed by atoms with Gasteiger partial charge in [-0.05, 0) is 31.7 Å². The monoisotopic (exact) mass is 358 g/mol. The Kier molecular flexibility index (Phi) is 7.71. The van der Waals surface area contributed by atoms with E-state index in [9.17, 15) is 9.00 Å². The lowest BCUT2D eigenvalue weighted by atomic mass is 9.90. The van der Waals surface area contributed by atoms with E-state index in [4.69, 9.17) is 5.73 Å². The van der Waals surface area contributed by atoms with Crippen molar-refractivity contribution in [3.8, 4) is 0 Å². The van der Waals surface area contributed by atoms with E-state index in [1.807, 2.05) is 37.3 Å². The molecule has 0 radical (unpaired) electrons. The van der Waals surface area contributed by atoms with E-state index in [-0.39, 0.29) is 29.6 Å². The van der Waals surface area contributed by atoms with E-state index in [1.165, 1.54) is 0 Å². The molecule has 0 aromatic heterocycles. The Labute approximate surface area is 147 Å². The highest BCUT2D eigenvalue weighted by Gasteiger charge is 2.33. The molecule has 1 aliphatic rings. The second-order valence-electron chi connectivity index (χ2n) is 6.20. The van der Waals surface area contributed by atoms with Gasteiger partial charge in [0.1, 0.15) is 5.54 Å². The topological polar surface area (TPSA) is 72.2 Å². The molecule has 1 amide bonds. The van der Waals surface area contributed by atoms with Crippen LogP contribution in [0.3, 0.4) is 0 Å². The smallest absolute Gasteiger partial charge is 0.244 e. The standard InChI is InChI=1S/C17H26N2O2S.ClH/c1-3-22(21)15-11-7-10-14(12-15)19-16(20)17(2,18)13-8-5-4-6-9-13;/h4-6,8-9,14-15H,3,7,10-12,18H2,1-2H3,(H,19,20);1H. The van der Waals surface area contributed by atoms with Crippen LogP contribution in [0.5, 0.6) is 0 Å². The number of amides is 1. The first kappa shape index (κ1) is 20.1. The van der Waals surface area contributed by atoms with E-state index in [0.29, 0.717) is 5.75 Å². The summed E-state index contributed by atoms with van der Waals surface area (Å²) >= 11 is 0. The molecule has 1 aromatic carbocycles. The summed E-state index contributed by atoms with van der Waals surface area (Å²) in [5.74, 6) is 0.524. The minimum Gasteiger partial charge on any atom is -0.351 e. The third kappa shape index (κ3) is 5.03. The van der Waals surface area contributed by atoms with Gasteiger partial charge in [0.2, 0.25) is 5.91 Å². The summed E-state index contributed by atoms with van der Waals surface area (Å²) in [6, 6.07) is 9.49. The van der Waals surface area contributed by atoms with Crippen molar-refractivity contribution in [3.05, 3.63) is 35.9 Å². The van der Waals surface area contributed by atoms with Crippen LogP contribution in [0.25, 0.3) is 0 Å². The number of nitrogens with one attached hydrogen (secondary N) is 1. The summed E-state index contributed by atoms with van der Waals surface area (Å²) in [4.78, 5) is 12.6. The maximum atomic E-state index is 12.6. The molecule has 6 heteroatoms. The predicted octanol–water partition coefficient (Wildman–Crippen LogP) is 2.48. The Balaban J connectivity index is 0.00000264. The molecule has 3 N–H and O–H groups in total. The molecular weight excluding hydrogens is 332 g/mol. The minimum atomic E-state index is -1.04. The molecule has 1 aliphatic carbocycles. The van der Waals surface area contributed by atoms with E-state index in [0.717, 1.165) is 31.2 Å². The lowest BCUT2D eigenvalue weighted by Gasteiger charge is -2.32. The highest BCUT2D eigenvalue weighted by atomic mass is 35.5. The van der Waals surface area contributed by atoms with Gasteiger partial charge >= 0.3 is 0 Å². The molecule has 4 atom stereocenters. The molecule has 1 aromatic rings. The first-order valence-corrected chi connectivity index (χ1v) is 9.36. The molecule has 0 bridgehead atoms. The van der Waals surface area contributed by atoms with Crippen LogP contribution in [0, 0.1) is 0 Å². The fourth-order valence-electron chi connectivity index (χ4n) is 3.00. The number of carbonyl (C=O) groups excluding carboxylic acids is 1. The average Bonchev–Trinajstić information content (AvgIpc) is 2.55. The fraction of sp³-hybridized carbons (Fsp3) is 0.588. The van der Waals surface area contributed by atoms with Crippen LogP contribution in [0.1, 0.15) is 45.1 Å². The summed E-state index contributed by atoms with van der Waals surface area (Å²) in [6.45, 7) is 3.69. The van der Waals surface area contributed by atoms with Crippen molar-refractivity contribution < 1.29 is 9.00 Å². The molecule has 4 nitrogen and oxygen atoms in total. The number of hydrogen-bond donors (Lipinski definition) is 2. The molecule has 0 aliphatic heterocycles. The summed E-state index contributed by atoms with van der Waals surface area (Å²) in [5, 5.41) is 3.27. The van der Waals surface area contributed by atoms with Gasteiger partial charge in [0.05, 0.1) is 0 Å². The van der Waals surface area contributed by atoms with Gasteiger partial charge in [0.25, 0.3) is 0 Å². The lowest BCUT2D eigenvalue weighted by Crippen LogP contribution is -2.53. The van der Waals surface area contributed by atoms with Crippen LogP contribution >= 0.6 is 12.4 Å². The number of hydrogen-bond acceptors (Lipinski definition) is 3. The van der Waals surface area contributed by atoms with Gasteiger partial charge < -0.3 is 11.1 Å². The van der Waals surface area contributed by atoms with Crippen molar-refractivity contribution in [2.45, 2.75) is 56.4 Å². The van der Waals surface area contributed by atoms with Crippen LogP contribution in [-0.4, -0.2) is 27.2 Å². The Morgan fingerprint density at radius 3 is 2.61 bits per heavy atom. The summed E-state index contributed by atoms with van der Waals surface area (Å²) < 4.78 is 12.0. The average molecular weight is 359 g/mol. The van der Waals surface area contributed by atoms with Crippen molar-refractivity contribution >= 4 is 29.1 Å². The summed E-state index contributed by atoms with van der Waals surface area (Å²) in [7, 11) is -0.789. The van der Waals surface area contributed by atoms with E-state index < -0.39 is 16.3 Å². The van der Waals surface area contributed by atoms with Crippen LogP contribution < -0.4 is 11.1 Å². The lowest BCUT2D eigenvalue weighted by molar-refractivity contribution is -0.127. The van der Waals surface area contributed by atoms with Crippen LogP contribution in [0.2, 0.25) is 0 Å². The van der Waals surface area contributed by atoms with Crippen molar-refractivity contribution in [1.82, 2.24) is 5.32 Å². The van der Waals surface area contributed by atoms with Crippen LogP contribution in [0.15, 0.2) is 30.3 Å². The van der Waals surface area contributed by atoms with E-state index in [2.05, 4.69) is 5.32 Å². The molecular formula is C17H27ClN2O2S. The number of rotatable bonds is 5. The van der Waals surface area contributed by atoms with Gasteiger partial charge in [0.15, 0.2) is 0 Å². The minimum absolute atomic E-state index is 0. The maximum Gasteiger partial charge on any atom is 0.244 e. The van der Waals surface area contributed by atoms with Gasteiger partial charge in [0, 0.05) is 27.8 Å². The number of carbonyl (C=O) groups is 1. The van der Waals surface area contributed by atoms with Gasteiger partial charge in [-0.15, -0.1) is 12.4 Å². The first-order chi connectivity index (χ1) is 10.4. The number of halogens is 1. The number of benzene rings is 1. The van der Waals surface area contributed by atoms with Crippen molar-refractivity contribution in [2.75, 3.05) is 5.75 Å². The Bertz CT molecular complexity index is 537. The zero-order valence-corrected chi connectivity index (χ0v) is 15.4.